The zero-order valence-corrected chi connectivity index (χ0v) is 17.0. The van der Waals surface area contributed by atoms with Gasteiger partial charge in [0.05, 0.1) is 5.69 Å². The van der Waals surface area contributed by atoms with Gasteiger partial charge in [-0.1, -0.05) is 18.2 Å². The van der Waals surface area contributed by atoms with Crippen LogP contribution in [0.5, 0.6) is 0 Å². The Morgan fingerprint density at radius 2 is 1.86 bits per heavy atom. The number of aliphatic imine (C=N–C) groups is 1. The van der Waals surface area contributed by atoms with Crippen LogP contribution < -0.4 is 10.6 Å². The van der Waals surface area contributed by atoms with E-state index in [1.165, 1.54) is 26.2 Å². The van der Waals surface area contributed by atoms with Crippen molar-refractivity contribution in [1.82, 2.24) is 9.80 Å². The van der Waals surface area contributed by atoms with E-state index < -0.39 is 0 Å². The van der Waals surface area contributed by atoms with Crippen LogP contribution >= 0.6 is 0 Å². The van der Waals surface area contributed by atoms with E-state index in [2.05, 4.69) is 32.5 Å². The Labute approximate surface area is 172 Å². The van der Waals surface area contributed by atoms with Gasteiger partial charge in [0, 0.05) is 50.3 Å². The van der Waals surface area contributed by atoms with Crippen molar-refractivity contribution in [2.45, 2.75) is 12.3 Å². The lowest BCUT2D eigenvalue weighted by Gasteiger charge is -2.32. The largest absolute Gasteiger partial charge is 0.385 e. The van der Waals surface area contributed by atoms with Crippen molar-refractivity contribution < 1.29 is 4.79 Å². The molecule has 4 rings (SSSR count). The highest BCUT2D eigenvalue weighted by atomic mass is 16.2. The van der Waals surface area contributed by atoms with E-state index in [9.17, 15) is 4.79 Å². The van der Waals surface area contributed by atoms with Crippen molar-refractivity contribution in [2.75, 3.05) is 56.9 Å². The Morgan fingerprint density at radius 3 is 2.66 bits per heavy atom. The number of hydrogen-bond donors (Lipinski definition) is 2. The fourth-order valence-corrected chi connectivity index (χ4v) is 3.81. The Hall–Kier alpha value is -2.70. The molecule has 0 radical (unpaired) electrons. The second kappa shape index (κ2) is 9.20. The van der Waals surface area contributed by atoms with Crippen molar-refractivity contribution in [2.24, 2.45) is 4.99 Å². The number of para-hydroxylation sites is 1. The van der Waals surface area contributed by atoms with Crippen LogP contribution in [0.25, 0.3) is 0 Å². The molecule has 1 amide bonds. The smallest absolute Gasteiger partial charge is 0.237 e. The fourth-order valence-electron chi connectivity index (χ4n) is 3.81. The highest BCUT2D eigenvalue weighted by Gasteiger charge is 2.28. The number of likely N-dealkylation sites (N-methyl/N-ethyl adjacent to an activating group) is 1. The van der Waals surface area contributed by atoms with Crippen molar-refractivity contribution in [3.05, 3.63) is 54.1 Å². The van der Waals surface area contributed by atoms with Crippen LogP contribution in [0.15, 0.2) is 53.5 Å². The third-order valence-corrected chi connectivity index (χ3v) is 5.65. The maximum Gasteiger partial charge on any atom is 0.237 e. The van der Waals surface area contributed by atoms with Gasteiger partial charge in [-0.3, -0.25) is 9.79 Å². The molecule has 2 heterocycles. The minimum absolute atomic E-state index is 0.0198. The molecule has 0 aliphatic carbocycles. The first kappa shape index (κ1) is 19.6. The average Bonchev–Trinajstić information content (AvgIpc) is 3.07. The summed E-state index contributed by atoms with van der Waals surface area (Å²) in [6.45, 7) is 6.80. The van der Waals surface area contributed by atoms with E-state index >= 15 is 0 Å². The first-order valence-corrected chi connectivity index (χ1v) is 10.4. The Kier molecular flexibility index (Phi) is 6.22. The number of carbonyl (C=O) groups excluding carboxylic acids is 1. The topological polar surface area (TPSA) is 60.0 Å². The zero-order chi connectivity index (χ0) is 20.1. The van der Waals surface area contributed by atoms with Crippen molar-refractivity contribution in [3.63, 3.8) is 0 Å². The Morgan fingerprint density at radius 1 is 1.10 bits per heavy atom. The summed E-state index contributed by atoms with van der Waals surface area (Å²) >= 11 is 0. The average molecular weight is 392 g/mol. The first-order chi connectivity index (χ1) is 14.2. The summed E-state index contributed by atoms with van der Waals surface area (Å²) in [5, 5.41) is 6.39. The molecule has 152 valence electrons. The third kappa shape index (κ3) is 5.02. The number of benzene rings is 2. The Balaban J connectivity index is 1.24. The minimum atomic E-state index is -0.321. The molecule has 2 aromatic carbocycles. The molecule has 6 heteroatoms. The summed E-state index contributed by atoms with van der Waals surface area (Å²) < 4.78 is 0. The molecular weight excluding hydrogens is 362 g/mol. The Bertz CT molecular complexity index is 856. The van der Waals surface area contributed by atoms with E-state index in [-0.39, 0.29) is 11.8 Å². The van der Waals surface area contributed by atoms with E-state index in [0.717, 1.165) is 42.1 Å². The highest BCUT2D eigenvalue weighted by Crippen LogP contribution is 2.31. The monoisotopic (exact) mass is 391 g/mol. The van der Waals surface area contributed by atoms with Crippen molar-refractivity contribution >= 4 is 29.2 Å². The van der Waals surface area contributed by atoms with Gasteiger partial charge in [-0.25, -0.2) is 0 Å². The molecule has 2 aliphatic heterocycles. The van der Waals surface area contributed by atoms with Crippen LogP contribution in [0.4, 0.5) is 17.1 Å². The van der Waals surface area contributed by atoms with Gasteiger partial charge < -0.3 is 20.4 Å². The molecule has 29 heavy (non-hydrogen) atoms. The summed E-state index contributed by atoms with van der Waals surface area (Å²) in [5.41, 5.74) is 3.82. The maximum absolute atomic E-state index is 12.2. The number of nitrogens with zero attached hydrogens (tertiary/aromatic N) is 3. The molecule has 2 aliphatic rings. The van der Waals surface area contributed by atoms with Gasteiger partial charge in [-0.15, -0.1) is 0 Å². The predicted molar refractivity (Wildman–Crippen MR) is 119 cm³/mol. The number of amides is 1. The second-order valence-electron chi connectivity index (χ2n) is 7.80. The number of carbonyl (C=O) groups is 1. The number of hydrogen-bond acceptors (Lipinski definition) is 5. The van der Waals surface area contributed by atoms with E-state index in [1.807, 2.05) is 48.5 Å². The summed E-state index contributed by atoms with van der Waals surface area (Å²) in [7, 11) is 2.19. The molecular formula is C23H29N5O. The van der Waals surface area contributed by atoms with Gasteiger partial charge in [0.25, 0.3) is 0 Å². The molecule has 2 aromatic rings. The molecule has 1 atom stereocenters. The lowest BCUT2D eigenvalue weighted by atomic mass is 10.0. The number of nitrogens with one attached hydrogen (secondary N) is 2. The van der Waals surface area contributed by atoms with E-state index in [4.69, 9.17) is 0 Å². The minimum Gasteiger partial charge on any atom is -0.385 e. The van der Waals surface area contributed by atoms with Crippen LogP contribution in [0, 0.1) is 0 Å². The number of anilines is 2. The molecule has 6 nitrogen and oxygen atoms in total. The van der Waals surface area contributed by atoms with Crippen LogP contribution in [0.3, 0.4) is 0 Å². The van der Waals surface area contributed by atoms with Gasteiger partial charge in [0.2, 0.25) is 5.91 Å². The summed E-state index contributed by atoms with van der Waals surface area (Å²) in [4.78, 5) is 21.6. The van der Waals surface area contributed by atoms with Crippen LogP contribution in [-0.2, 0) is 4.79 Å². The molecule has 0 spiro atoms. The second-order valence-corrected chi connectivity index (χ2v) is 7.80. The normalized spacial score (nSPS) is 20.0. The SMILES string of the molecule is CN1CCN(CCCNc2ccc(N=CC3C(=O)Nc4ccccc43)cc2)CC1. The zero-order valence-electron chi connectivity index (χ0n) is 17.0. The van der Waals surface area contributed by atoms with Crippen molar-refractivity contribution in [3.8, 4) is 0 Å². The third-order valence-electron chi connectivity index (χ3n) is 5.65. The molecule has 1 saturated heterocycles. The lowest BCUT2D eigenvalue weighted by molar-refractivity contribution is -0.115. The predicted octanol–water partition coefficient (Wildman–Crippen LogP) is 3.17. The van der Waals surface area contributed by atoms with E-state index in [1.54, 1.807) is 6.21 Å². The van der Waals surface area contributed by atoms with Crippen LogP contribution in [-0.4, -0.2) is 68.2 Å². The van der Waals surface area contributed by atoms with Crippen LogP contribution in [0.1, 0.15) is 17.9 Å². The molecule has 0 saturated carbocycles. The number of piperazine rings is 1. The van der Waals surface area contributed by atoms with Crippen LogP contribution in [0.2, 0.25) is 0 Å². The van der Waals surface area contributed by atoms with Gasteiger partial charge >= 0.3 is 0 Å². The molecule has 1 fully saturated rings. The van der Waals surface area contributed by atoms with Gasteiger partial charge in [-0.05, 0) is 55.9 Å². The summed E-state index contributed by atoms with van der Waals surface area (Å²) in [6.07, 6.45) is 2.87. The fraction of sp³-hybridized carbons (Fsp3) is 0.391. The lowest BCUT2D eigenvalue weighted by Crippen LogP contribution is -2.44. The van der Waals surface area contributed by atoms with Gasteiger partial charge in [-0.2, -0.15) is 0 Å². The maximum atomic E-state index is 12.2. The number of rotatable bonds is 7. The molecule has 2 N–H and O–H groups in total. The van der Waals surface area contributed by atoms with Gasteiger partial charge in [0.15, 0.2) is 0 Å². The molecule has 0 bridgehead atoms. The van der Waals surface area contributed by atoms with Gasteiger partial charge in [0.1, 0.15) is 5.92 Å². The molecule has 0 aromatic heterocycles. The molecule has 1 unspecified atom stereocenters. The summed E-state index contributed by atoms with van der Waals surface area (Å²) in [5.74, 6) is -0.341. The standard InChI is InChI=1S/C23H29N5O/c1-27-13-15-28(16-14-27)12-4-11-24-18-7-9-19(10-8-18)25-17-21-20-5-2-3-6-22(20)26-23(21)29/h2-3,5-10,17,21,24H,4,11-16H2,1H3,(H,26,29). The number of fused-ring (bicyclic) bond motifs is 1. The van der Waals surface area contributed by atoms with Crippen molar-refractivity contribution in [1.29, 1.82) is 0 Å². The quantitative estimate of drug-likeness (QED) is 0.562. The highest BCUT2D eigenvalue weighted by molar-refractivity contribution is 6.12. The van der Waals surface area contributed by atoms with E-state index in [0.29, 0.717) is 0 Å². The first-order valence-electron chi connectivity index (χ1n) is 10.4. The summed E-state index contributed by atoms with van der Waals surface area (Å²) in [6, 6.07) is 15.8.